The molecule has 2 aromatic rings. The molecule has 2 aromatic carbocycles. The summed E-state index contributed by atoms with van der Waals surface area (Å²) in [6.45, 7) is -1.96. The Balaban J connectivity index is 1.79. The molecule has 0 saturated carbocycles. The molecular weight excluding hydrogens is 350 g/mol. The highest BCUT2D eigenvalue weighted by atomic mass is 19.3. The normalized spacial score (nSPS) is 14.4. The van der Waals surface area contributed by atoms with Crippen molar-refractivity contribution in [2.24, 2.45) is 4.99 Å². The van der Waals surface area contributed by atoms with Crippen molar-refractivity contribution in [2.75, 3.05) is 18.0 Å². The van der Waals surface area contributed by atoms with E-state index in [4.69, 9.17) is 0 Å². The molecule has 0 N–H and O–H groups in total. The highest BCUT2D eigenvalue weighted by Crippen LogP contribution is 2.21. The minimum Gasteiger partial charge on any atom is -0.435 e. The van der Waals surface area contributed by atoms with Crippen molar-refractivity contribution in [1.82, 2.24) is 0 Å². The Morgan fingerprint density at radius 1 is 1.04 bits per heavy atom. The molecule has 4 nitrogen and oxygen atoms in total. The third kappa shape index (κ3) is 5.36. The van der Waals surface area contributed by atoms with E-state index in [0.29, 0.717) is 5.56 Å². The average molecular weight is 372 g/mol. The van der Waals surface area contributed by atoms with Gasteiger partial charge in [0, 0.05) is 24.2 Å². The van der Waals surface area contributed by atoms with Gasteiger partial charge in [0.2, 0.25) is 0 Å². The number of para-hydroxylation sites is 1. The van der Waals surface area contributed by atoms with Crippen LogP contribution in [-0.2, 0) is 0 Å². The number of anilines is 1. The minimum absolute atomic E-state index is 0.0367. The number of hydrogen-bond acceptors (Lipinski definition) is 4. The second-order valence-corrected chi connectivity index (χ2v) is 6.36. The lowest BCUT2D eigenvalue weighted by molar-refractivity contribution is -0.0498. The first-order valence-corrected chi connectivity index (χ1v) is 9.07. The van der Waals surface area contributed by atoms with E-state index in [9.17, 15) is 13.6 Å². The van der Waals surface area contributed by atoms with E-state index >= 15 is 0 Å². The lowest BCUT2D eigenvalue weighted by atomic mass is 10.1. The van der Waals surface area contributed by atoms with Gasteiger partial charge >= 0.3 is 6.61 Å². The Morgan fingerprint density at radius 3 is 2.48 bits per heavy atom. The van der Waals surface area contributed by atoms with Crippen LogP contribution >= 0.6 is 0 Å². The number of ketones is 1. The van der Waals surface area contributed by atoms with Gasteiger partial charge in [-0.1, -0.05) is 24.6 Å². The predicted octanol–water partition coefficient (Wildman–Crippen LogP) is 4.95. The molecule has 0 fully saturated rings. The second-order valence-electron chi connectivity index (χ2n) is 6.36. The number of Topliss-reactive ketones (excluding diaryl/α,β-unsaturated/α-hetero) is 1. The van der Waals surface area contributed by atoms with E-state index in [2.05, 4.69) is 9.73 Å². The van der Waals surface area contributed by atoms with Crippen molar-refractivity contribution in [2.45, 2.75) is 32.3 Å². The van der Waals surface area contributed by atoms with E-state index < -0.39 is 6.61 Å². The number of nitrogens with zero attached hydrogens (tertiary/aromatic N) is 2. The molecule has 0 aromatic heterocycles. The topological polar surface area (TPSA) is 41.9 Å². The summed E-state index contributed by atoms with van der Waals surface area (Å²) in [5.41, 5.74) is 1.37. The monoisotopic (exact) mass is 372 g/mol. The number of benzene rings is 2. The van der Waals surface area contributed by atoms with Gasteiger partial charge in [0.25, 0.3) is 0 Å². The summed E-state index contributed by atoms with van der Waals surface area (Å²) in [5.74, 6) is 0.855. The van der Waals surface area contributed by atoms with Gasteiger partial charge < -0.3 is 9.64 Å². The van der Waals surface area contributed by atoms with Gasteiger partial charge in [-0.25, -0.2) is 0 Å². The van der Waals surface area contributed by atoms with Crippen molar-refractivity contribution in [1.29, 1.82) is 0 Å². The summed E-state index contributed by atoms with van der Waals surface area (Å²) in [6, 6.07) is 15.5. The molecule has 0 aliphatic carbocycles. The Bertz CT molecular complexity index is 777. The number of alkyl halides is 2. The molecule has 3 rings (SSSR count). The van der Waals surface area contributed by atoms with Crippen molar-refractivity contribution in [3.63, 3.8) is 0 Å². The van der Waals surface area contributed by atoms with E-state index in [-0.39, 0.29) is 18.1 Å². The Morgan fingerprint density at radius 2 is 1.78 bits per heavy atom. The van der Waals surface area contributed by atoms with Crippen LogP contribution < -0.4 is 9.64 Å². The van der Waals surface area contributed by atoms with Gasteiger partial charge in [0.1, 0.15) is 11.6 Å². The number of carbonyl (C=O) groups excluding carboxylic acids is 1. The van der Waals surface area contributed by atoms with Gasteiger partial charge in [-0.15, -0.1) is 0 Å². The first-order chi connectivity index (χ1) is 13.1. The third-order valence-corrected chi connectivity index (χ3v) is 4.44. The fraction of sp³-hybridized carbons (Fsp3) is 0.333. The first kappa shape index (κ1) is 19.0. The van der Waals surface area contributed by atoms with Crippen molar-refractivity contribution in [3.05, 3.63) is 60.2 Å². The maximum absolute atomic E-state index is 12.8. The molecule has 1 aliphatic rings. The van der Waals surface area contributed by atoms with Crippen LogP contribution in [0.1, 0.15) is 36.0 Å². The number of aliphatic imine (C=N–C) groups is 1. The van der Waals surface area contributed by atoms with E-state index in [1.54, 1.807) is 0 Å². The molecule has 0 atom stereocenters. The third-order valence-electron chi connectivity index (χ3n) is 4.44. The van der Waals surface area contributed by atoms with Gasteiger partial charge in [-0.05, 0) is 49.2 Å². The maximum Gasteiger partial charge on any atom is 0.387 e. The maximum atomic E-state index is 12.8. The van der Waals surface area contributed by atoms with Crippen molar-refractivity contribution in [3.8, 4) is 5.75 Å². The predicted molar refractivity (Wildman–Crippen MR) is 102 cm³/mol. The quantitative estimate of drug-likeness (QED) is 0.674. The number of ether oxygens (including phenoxy) is 1. The van der Waals surface area contributed by atoms with E-state index in [1.807, 2.05) is 35.2 Å². The smallest absolute Gasteiger partial charge is 0.387 e. The molecule has 0 saturated heterocycles. The molecule has 142 valence electrons. The van der Waals surface area contributed by atoms with Crippen LogP contribution in [0.25, 0.3) is 0 Å². The molecule has 6 heteroatoms. The highest BCUT2D eigenvalue weighted by molar-refractivity contribution is 6.07. The van der Waals surface area contributed by atoms with Crippen molar-refractivity contribution >= 4 is 17.3 Å². The molecule has 0 amide bonds. The van der Waals surface area contributed by atoms with Crippen LogP contribution in [0, 0.1) is 0 Å². The molecule has 0 bridgehead atoms. The van der Waals surface area contributed by atoms with Crippen LogP contribution in [0.4, 0.5) is 14.5 Å². The first-order valence-electron chi connectivity index (χ1n) is 9.07. The van der Waals surface area contributed by atoms with E-state index in [0.717, 1.165) is 43.8 Å². The Labute approximate surface area is 157 Å². The Hall–Kier alpha value is -2.76. The lowest BCUT2D eigenvalue weighted by Gasteiger charge is -2.25. The molecule has 0 unspecified atom stereocenters. The molecular formula is C21H22F2N2O2. The molecule has 1 aliphatic heterocycles. The van der Waals surface area contributed by atoms with Gasteiger partial charge in [0.05, 0.1) is 6.54 Å². The average Bonchev–Trinajstić information content (AvgIpc) is 2.96. The number of rotatable bonds is 6. The number of amidine groups is 1. The standard InChI is InChI=1S/C21H22F2N2O2/c22-21(23)27-18-12-10-16(11-13-18)19(26)15-25(17-7-3-1-4-8-17)20-9-5-2-6-14-24-20/h1,3-4,7-8,10-13,21H,2,5-6,9,14-15H2. The number of hydrogen-bond donors (Lipinski definition) is 0. The molecule has 27 heavy (non-hydrogen) atoms. The van der Waals surface area contributed by atoms with Gasteiger partial charge in [0.15, 0.2) is 5.78 Å². The van der Waals surface area contributed by atoms with E-state index in [1.165, 1.54) is 24.3 Å². The van der Waals surface area contributed by atoms with Gasteiger partial charge in [-0.3, -0.25) is 9.79 Å². The summed E-state index contributed by atoms with van der Waals surface area (Å²) in [6.07, 6.45) is 4.08. The van der Waals surface area contributed by atoms with Gasteiger partial charge in [-0.2, -0.15) is 8.78 Å². The van der Waals surface area contributed by atoms with Crippen LogP contribution in [-0.4, -0.2) is 31.3 Å². The highest BCUT2D eigenvalue weighted by Gasteiger charge is 2.19. The zero-order valence-electron chi connectivity index (χ0n) is 15.0. The number of carbonyl (C=O) groups is 1. The summed E-state index contributed by atoms with van der Waals surface area (Å²) < 4.78 is 28.9. The van der Waals surface area contributed by atoms with Crippen LogP contribution in [0.3, 0.4) is 0 Å². The van der Waals surface area contributed by atoms with Crippen LogP contribution in [0.5, 0.6) is 5.75 Å². The summed E-state index contributed by atoms with van der Waals surface area (Å²) in [4.78, 5) is 19.4. The summed E-state index contributed by atoms with van der Waals surface area (Å²) in [7, 11) is 0. The summed E-state index contributed by atoms with van der Waals surface area (Å²) in [5, 5.41) is 0. The van der Waals surface area contributed by atoms with Crippen LogP contribution in [0.15, 0.2) is 59.6 Å². The zero-order valence-corrected chi connectivity index (χ0v) is 15.0. The fourth-order valence-corrected chi connectivity index (χ4v) is 3.08. The largest absolute Gasteiger partial charge is 0.435 e. The Kier molecular flexibility index (Phi) is 6.52. The molecule has 0 radical (unpaired) electrons. The minimum atomic E-state index is -2.88. The number of halogens is 2. The summed E-state index contributed by atoms with van der Waals surface area (Å²) >= 11 is 0. The molecule has 0 spiro atoms. The van der Waals surface area contributed by atoms with Crippen molar-refractivity contribution < 1.29 is 18.3 Å². The molecule has 1 heterocycles. The van der Waals surface area contributed by atoms with Crippen LogP contribution in [0.2, 0.25) is 0 Å². The SMILES string of the molecule is O=C(CN(C1=NCCCCC1)c1ccccc1)c1ccc(OC(F)F)cc1. The lowest BCUT2D eigenvalue weighted by Crippen LogP contribution is -2.35. The second kappa shape index (κ2) is 9.26. The fourth-order valence-electron chi connectivity index (χ4n) is 3.08. The zero-order chi connectivity index (χ0) is 19.1.